The zero-order valence-corrected chi connectivity index (χ0v) is 28.8. The van der Waals surface area contributed by atoms with Crippen LogP contribution in [0.5, 0.6) is 11.5 Å². The number of benzene rings is 1. The van der Waals surface area contributed by atoms with Crippen LogP contribution in [0.15, 0.2) is 30.7 Å². The van der Waals surface area contributed by atoms with Crippen LogP contribution >= 0.6 is 0 Å². The Morgan fingerprint density at radius 1 is 1.04 bits per heavy atom. The summed E-state index contributed by atoms with van der Waals surface area (Å²) < 4.78 is 20.6. The zero-order chi connectivity index (χ0) is 33.2. The van der Waals surface area contributed by atoms with Crippen LogP contribution in [0.25, 0.3) is 0 Å². The van der Waals surface area contributed by atoms with Gasteiger partial charge in [-0.1, -0.05) is 20.8 Å². The van der Waals surface area contributed by atoms with Crippen molar-refractivity contribution in [3.63, 3.8) is 0 Å². The first kappa shape index (κ1) is 34.1. The normalized spacial score (nSPS) is 21.2. The predicted octanol–water partition coefficient (Wildman–Crippen LogP) is 6.29. The third kappa shape index (κ3) is 8.17. The number of anilines is 1. The Balaban J connectivity index is 1.10. The maximum atomic E-state index is 14.3. The molecule has 46 heavy (non-hydrogen) atoms. The number of hydrogen-bond donors (Lipinski definition) is 1. The number of rotatable bonds is 11. The van der Waals surface area contributed by atoms with E-state index >= 15 is 0 Å². The smallest absolute Gasteiger partial charge is 0.258 e. The molecule has 2 saturated heterocycles. The van der Waals surface area contributed by atoms with E-state index < -0.39 is 5.82 Å². The molecule has 2 amide bonds. The average Bonchev–Trinajstić information content (AvgIpc) is 2.92. The van der Waals surface area contributed by atoms with Gasteiger partial charge in [-0.3, -0.25) is 9.59 Å². The van der Waals surface area contributed by atoms with Gasteiger partial charge in [0.25, 0.3) is 5.91 Å². The largest absolute Gasteiger partial charge is 0.451 e. The molecule has 3 fully saturated rings. The van der Waals surface area contributed by atoms with Crippen LogP contribution in [-0.2, 0) is 4.79 Å². The van der Waals surface area contributed by atoms with Gasteiger partial charge in [0.1, 0.15) is 17.9 Å². The number of hydrogen-bond acceptors (Lipinski definition) is 7. The monoisotopic (exact) mass is 636 g/mol. The summed E-state index contributed by atoms with van der Waals surface area (Å²) in [7, 11) is 0. The van der Waals surface area contributed by atoms with Gasteiger partial charge in [0.15, 0.2) is 11.6 Å². The Labute approximate surface area is 274 Å². The maximum absolute atomic E-state index is 14.3. The molecule has 1 spiro atoms. The van der Waals surface area contributed by atoms with Crippen molar-refractivity contribution in [1.29, 1.82) is 0 Å². The molecule has 3 aliphatic rings. The first-order chi connectivity index (χ1) is 21.7. The molecule has 0 unspecified atom stereocenters. The molecular formula is C36H53FN6O3. The van der Waals surface area contributed by atoms with Crippen LogP contribution in [0, 0.1) is 22.6 Å². The molecule has 1 N–H and O–H groups in total. The highest BCUT2D eigenvalue weighted by Crippen LogP contribution is 2.44. The van der Waals surface area contributed by atoms with Crippen molar-refractivity contribution in [1.82, 2.24) is 25.1 Å². The van der Waals surface area contributed by atoms with Gasteiger partial charge < -0.3 is 24.8 Å². The molecule has 1 saturated carbocycles. The Hall–Kier alpha value is -3.27. The highest BCUT2D eigenvalue weighted by Gasteiger charge is 2.52. The van der Waals surface area contributed by atoms with Gasteiger partial charge in [0, 0.05) is 56.1 Å². The van der Waals surface area contributed by atoms with Crippen molar-refractivity contribution in [2.75, 3.05) is 37.6 Å². The minimum absolute atomic E-state index is 0.0248. The lowest BCUT2D eigenvalue weighted by Crippen LogP contribution is -2.72. The molecule has 1 aliphatic carbocycles. The fourth-order valence-corrected chi connectivity index (χ4v) is 7.60. The molecule has 0 radical (unpaired) electrons. The summed E-state index contributed by atoms with van der Waals surface area (Å²) in [5.41, 5.74) is 0.478. The van der Waals surface area contributed by atoms with Crippen LogP contribution in [0.1, 0.15) is 97.3 Å². The van der Waals surface area contributed by atoms with Crippen LogP contribution in [0.3, 0.4) is 0 Å². The number of ether oxygens (including phenoxy) is 1. The predicted molar refractivity (Wildman–Crippen MR) is 179 cm³/mol. The van der Waals surface area contributed by atoms with Crippen molar-refractivity contribution < 1.29 is 18.7 Å². The van der Waals surface area contributed by atoms with Crippen LogP contribution in [0.4, 0.5) is 10.2 Å². The third-order valence-corrected chi connectivity index (χ3v) is 9.62. The van der Waals surface area contributed by atoms with Crippen LogP contribution in [-0.4, -0.2) is 82.4 Å². The first-order valence-electron chi connectivity index (χ1n) is 17.1. The number of amides is 2. The van der Waals surface area contributed by atoms with E-state index in [1.165, 1.54) is 43.8 Å². The summed E-state index contributed by atoms with van der Waals surface area (Å²) in [5.74, 6) is 1.61. The van der Waals surface area contributed by atoms with Gasteiger partial charge in [-0.2, -0.15) is 0 Å². The number of likely N-dealkylation sites (tertiary alicyclic amines) is 1. The van der Waals surface area contributed by atoms with Crippen LogP contribution in [0.2, 0.25) is 0 Å². The van der Waals surface area contributed by atoms with Crippen molar-refractivity contribution >= 4 is 17.6 Å². The summed E-state index contributed by atoms with van der Waals surface area (Å²) in [6.07, 6.45) is 9.49. The standard InChI is InChI=1S/C36H53FN6O3/c1-24(2)43(25(3)4)34(45)29-16-27(37)10-13-30(29)46-31-18-38-23-39-33(31)42-21-36(22-42)19-41(20-36)15-14-26-8-11-28(12-9-26)40-32(44)17-35(5,6)7/h10,13,16,18,23-26,28H,8-9,11-12,14-15,17,19-22H2,1-7H3,(H,40,44)/t26-,28-. The maximum Gasteiger partial charge on any atom is 0.258 e. The SMILES string of the molecule is CC(C)N(C(=O)c1cc(F)ccc1Oc1cncnc1N1CC2(CN(CC[C@H]3CC[C@H](NC(=O)CC(C)(C)C)CC3)C2)C1)C(C)C. The lowest BCUT2D eigenvalue weighted by molar-refractivity contribution is -0.123. The van der Waals surface area contributed by atoms with Gasteiger partial charge >= 0.3 is 0 Å². The van der Waals surface area contributed by atoms with E-state index in [2.05, 4.69) is 45.9 Å². The molecule has 252 valence electrons. The number of nitrogens with zero attached hydrogens (tertiary/aromatic N) is 5. The fourth-order valence-electron chi connectivity index (χ4n) is 7.60. The van der Waals surface area contributed by atoms with Gasteiger partial charge in [-0.05, 0) is 95.9 Å². The molecule has 2 aliphatic heterocycles. The lowest BCUT2D eigenvalue weighted by atomic mass is 9.72. The summed E-state index contributed by atoms with van der Waals surface area (Å²) in [4.78, 5) is 41.1. The molecule has 10 heteroatoms. The molecule has 2 aromatic rings. The number of nitrogens with one attached hydrogen (secondary N) is 1. The number of halogens is 1. The van der Waals surface area contributed by atoms with E-state index in [0.29, 0.717) is 29.8 Å². The van der Waals surface area contributed by atoms with Crippen molar-refractivity contribution in [2.45, 2.75) is 105 Å². The van der Waals surface area contributed by atoms with E-state index in [9.17, 15) is 14.0 Å². The zero-order valence-electron chi connectivity index (χ0n) is 28.8. The van der Waals surface area contributed by atoms with Gasteiger partial charge in [-0.15, -0.1) is 0 Å². The molecule has 5 rings (SSSR count). The second-order valence-corrected chi connectivity index (χ2v) is 15.7. The quantitative estimate of drug-likeness (QED) is 0.310. The first-order valence-corrected chi connectivity index (χ1v) is 17.1. The molecule has 1 aromatic carbocycles. The average molecular weight is 637 g/mol. The summed E-state index contributed by atoms with van der Waals surface area (Å²) >= 11 is 0. The van der Waals surface area contributed by atoms with Crippen molar-refractivity contribution in [3.8, 4) is 11.5 Å². The second kappa shape index (κ2) is 13.8. The van der Waals surface area contributed by atoms with Crippen molar-refractivity contribution in [3.05, 3.63) is 42.1 Å². The van der Waals surface area contributed by atoms with Crippen molar-refractivity contribution in [2.24, 2.45) is 16.7 Å². The highest BCUT2D eigenvalue weighted by molar-refractivity contribution is 5.97. The molecule has 3 heterocycles. The fraction of sp³-hybridized carbons (Fsp3) is 0.667. The Morgan fingerprint density at radius 3 is 2.35 bits per heavy atom. The topological polar surface area (TPSA) is 90.9 Å². The van der Waals surface area contributed by atoms with Gasteiger partial charge in [-0.25, -0.2) is 14.4 Å². The number of aromatic nitrogens is 2. The molecular weight excluding hydrogens is 583 g/mol. The van der Waals surface area contributed by atoms with E-state index in [-0.39, 0.29) is 40.3 Å². The molecule has 9 nitrogen and oxygen atoms in total. The van der Waals surface area contributed by atoms with Crippen LogP contribution < -0.4 is 15.0 Å². The molecule has 0 atom stereocenters. The van der Waals surface area contributed by atoms with Gasteiger partial charge in [0.2, 0.25) is 5.91 Å². The molecule has 1 aromatic heterocycles. The van der Waals surface area contributed by atoms with E-state index in [1.54, 1.807) is 11.1 Å². The third-order valence-electron chi connectivity index (χ3n) is 9.62. The Morgan fingerprint density at radius 2 is 1.72 bits per heavy atom. The second-order valence-electron chi connectivity index (χ2n) is 15.7. The van der Waals surface area contributed by atoms with E-state index in [1.807, 2.05) is 27.7 Å². The number of carbonyl (C=O) groups is 2. The molecule has 0 bridgehead atoms. The minimum atomic E-state index is -0.486. The number of carbonyl (C=O) groups excluding carboxylic acids is 2. The van der Waals surface area contributed by atoms with E-state index in [0.717, 1.165) is 51.5 Å². The Bertz CT molecular complexity index is 1360. The van der Waals surface area contributed by atoms with E-state index in [4.69, 9.17) is 4.74 Å². The highest BCUT2D eigenvalue weighted by atomic mass is 19.1. The summed E-state index contributed by atoms with van der Waals surface area (Å²) in [6.45, 7) is 19.2. The lowest BCUT2D eigenvalue weighted by Gasteiger charge is -2.61. The minimum Gasteiger partial charge on any atom is -0.451 e. The van der Waals surface area contributed by atoms with Gasteiger partial charge in [0.05, 0.1) is 11.8 Å². The summed E-state index contributed by atoms with van der Waals surface area (Å²) in [6, 6.07) is 4.30. The Kier molecular flexibility index (Phi) is 10.3. The summed E-state index contributed by atoms with van der Waals surface area (Å²) in [5, 5.41) is 3.26.